The summed E-state index contributed by atoms with van der Waals surface area (Å²) >= 11 is 0. The standard InChI is InChI=1S/C24H33N3O4S/c1-5-16-25-24(29)19(3)26(17-20-12-8-7-9-13-20)23(28)18-27(32(4,30)31)22-15-11-10-14-21(22)6-2/h7-15,19H,5-6,16-18H2,1-4H3,(H,25,29)/t19-/m1/s1. The van der Waals surface area contributed by atoms with Crippen LogP contribution >= 0.6 is 0 Å². The molecule has 0 fully saturated rings. The lowest BCUT2D eigenvalue weighted by atomic mass is 10.1. The summed E-state index contributed by atoms with van der Waals surface area (Å²) in [6.45, 7) is 5.88. The first-order valence-corrected chi connectivity index (χ1v) is 12.7. The van der Waals surface area contributed by atoms with Crippen LogP contribution in [0.4, 0.5) is 5.69 Å². The average Bonchev–Trinajstić information content (AvgIpc) is 2.78. The maximum atomic E-state index is 13.4. The van der Waals surface area contributed by atoms with Crippen molar-refractivity contribution in [2.45, 2.75) is 46.2 Å². The van der Waals surface area contributed by atoms with Crippen LogP contribution in [0, 0.1) is 0 Å². The lowest BCUT2D eigenvalue weighted by molar-refractivity contribution is -0.139. The Bertz CT molecular complexity index is 1010. The van der Waals surface area contributed by atoms with Gasteiger partial charge in [0.25, 0.3) is 0 Å². The number of nitrogens with zero attached hydrogens (tertiary/aromatic N) is 2. The molecule has 0 saturated carbocycles. The maximum Gasteiger partial charge on any atom is 0.244 e. The number of aryl methyl sites for hydroxylation is 1. The van der Waals surface area contributed by atoms with Gasteiger partial charge in [0, 0.05) is 13.1 Å². The molecule has 1 atom stereocenters. The first-order valence-electron chi connectivity index (χ1n) is 10.9. The first kappa shape index (κ1) is 25.4. The van der Waals surface area contributed by atoms with E-state index in [1.807, 2.05) is 56.3 Å². The molecule has 0 saturated heterocycles. The maximum absolute atomic E-state index is 13.4. The van der Waals surface area contributed by atoms with Crippen LogP contribution in [0.5, 0.6) is 0 Å². The van der Waals surface area contributed by atoms with Crippen molar-refractivity contribution in [3.63, 3.8) is 0 Å². The molecular formula is C24H33N3O4S. The molecule has 0 spiro atoms. The van der Waals surface area contributed by atoms with E-state index in [9.17, 15) is 18.0 Å². The summed E-state index contributed by atoms with van der Waals surface area (Å²) in [5, 5.41) is 2.82. The van der Waals surface area contributed by atoms with Crippen molar-refractivity contribution in [2.75, 3.05) is 23.7 Å². The predicted molar refractivity (Wildman–Crippen MR) is 128 cm³/mol. The minimum absolute atomic E-state index is 0.202. The first-order chi connectivity index (χ1) is 15.2. The Labute approximate surface area is 191 Å². The summed E-state index contributed by atoms with van der Waals surface area (Å²) in [4.78, 5) is 27.5. The third-order valence-electron chi connectivity index (χ3n) is 5.23. The molecule has 0 unspecified atom stereocenters. The molecule has 0 bridgehead atoms. The van der Waals surface area contributed by atoms with Gasteiger partial charge in [-0.15, -0.1) is 0 Å². The number of carbonyl (C=O) groups excluding carboxylic acids is 2. The summed E-state index contributed by atoms with van der Waals surface area (Å²) in [5.74, 6) is -0.708. The number of amides is 2. The van der Waals surface area contributed by atoms with Crippen LogP contribution in [-0.4, -0.2) is 50.5 Å². The van der Waals surface area contributed by atoms with E-state index in [4.69, 9.17) is 0 Å². The van der Waals surface area contributed by atoms with Gasteiger partial charge in [-0.05, 0) is 37.0 Å². The van der Waals surface area contributed by atoms with Crippen LogP contribution in [0.3, 0.4) is 0 Å². The molecule has 32 heavy (non-hydrogen) atoms. The van der Waals surface area contributed by atoms with Crippen molar-refractivity contribution < 1.29 is 18.0 Å². The second-order valence-corrected chi connectivity index (χ2v) is 9.63. The number of anilines is 1. The topological polar surface area (TPSA) is 86.8 Å². The van der Waals surface area contributed by atoms with Gasteiger partial charge >= 0.3 is 0 Å². The number of nitrogens with one attached hydrogen (secondary N) is 1. The highest BCUT2D eigenvalue weighted by Gasteiger charge is 2.30. The SMILES string of the molecule is CCCNC(=O)[C@@H](C)N(Cc1ccccc1)C(=O)CN(c1ccccc1CC)S(C)(=O)=O. The van der Waals surface area contributed by atoms with Crippen molar-refractivity contribution in [1.29, 1.82) is 0 Å². The molecule has 0 aromatic heterocycles. The summed E-state index contributed by atoms with van der Waals surface area (Å²) in [5.41, 5.74) is 2.17. The molecule has 0 aliphatic rings. The van der Waals surface area contributed by atoms with Gasteiger partial charge in [-0.25, -0.2) is 8.42 Å². The van der Waals surface area contributed by atoms with Crippen molar-refractivity contribution in [2.24, 2.45) is 0 Å². The summed E-state index contributed by atoms with van der Waals surface area (Å²) < 4.78 is 26.4. The molecular weight excluding hydrogens is 426 g/mol. The summed E-state index contributed by atoms with van der Waals surface area (Å²) in [6, 6.07) is 15.7. The fourth-order valence-electron chi connectivity index (χ4n) is 3.41. The Morgan fingerprint density at radius 2 is 1.62 bits per heavy atom. The zero-order valence-corrected chi connectivity index (χ0v) is 20.1. The zero-order chi connectivity index (χ0) is 23.7. The second-order valence-electron chi connectivity index (χ2n) is 7.73. The normalized spacial score (nSPS) is 12.1. The zero-order valence-electron chi connectivity index (χ0n) is 19.2. The molecule has 1 N–H and O–H groups in total. The van der Waals surface area contributed by atoms with Crippen molar-refractivity contribution >= 4 is 27.5 Å². The quantitative estimate of drug-likeness (QED) is 0.560. The minimum atomic E-state index is -3.73. The Morgan fingerprint density at radius 3 is 2.22 bits per heavy atom. The van der Waals surface area contributed by atoms with E-state index in [0.29, 0.717) is 18.7 Å². The molecule has 0 aliphatic carbocycles. The smallest absolute Gasteiger partial charge is 0.244 e. The van der Waals surface area contributed by atoms with Gasteiger partial charge in [0.2, 0.25) is 21.8 Å². The van der Waals surface area contributed by atoms with Crippen LogP contribution in [-0.2, 0) is 32.6 Å². The molecule has 0 radical (unpaired) electrons. The average molecular weight is 460 g/mol. The summed E-state index contributed by atoms with van der Waals surface area (Å²) in [7, 11) is -3.73. The highest BCUT2D eigenvalue weighted by atomic mass is 32.2. The molecule has 0 aliphatic heterocycles. The van der Waals surface area contributed by atoms with E-state index in [2.05, 4.69) is 5.32 Å². The molecule has 2 aromatic carbocycles. The number of carbonyl (C=O) groups is 2. The number of para-hydroxylation sites is 1. The van der Waals surface area contributed by atoms with Crippen molar-refractivity contribution in [1.82, 2.24) is 10.2 Å². The third kappa shape index (κ3) is 6.82. The largest absolute Gasteiger partial charge is 0.354 e. The predicted octanol–water partition coefficient (Wildman–Crippen LogP) is 2.96. The molecule has 2 rings (SSSR count). The Balaban J connectivity index is 2.38. The summed E-state index contributed by atoms with van der Waals surface area (Å²) in [6.07, 6.45) is 2.49. The number of hydrogen-bond donors (Lipinski definition) is 1. The van der Waals surface area contributed by atoms with Gasteiger partial charge in [0.05, 0.1) is 11.9 Å². The molecule has 2 amide bonds. The highest BCUT2D eigenvalue weighted by Crippen LogP contribution is 2.24. The van der Waals surface area contributed by atoms with E-state index in [1.165, 1.54) is 4.90 Å². The second kappa shape index (κ2) is 11.7. The number of hydrogen-bond acceptors (Lipinski definition) is 4. The van der Waals surface area contributed by atoms with Crippen LogP contribution in [0.15, 0.2) is 54.6 Å². The van der Waals surface area contributed by atoms with E-state index in [0.717, 1.165) is 28.1 Å². The van der Waals surface area contributed by atoms with E-state index in [-0.39, 0.29) is 19.0 Å². The Kier molecular flexibility index (Phi) is 9.26. The Hall–Kier alpha value is -2.87. The van der Waals surface area contributed by atoms with Gasteiger partial charge in [0.15, 0.2) is 0 Å². The fourth-order valence-corrected chi connectivity index (χ4v) is 4.29. The van der Waals surface area contributed by atoms with E-state index >= 15 is 0 Å². The number of sulfonamides is 1. The molecule has 2 aromatic rings. The van der Waals surface area contributed by atoms with Gasteiger partial charge < -0.3 is 10.2 Å². The molecule has 0 heterocycles. The van der Waals surface area contributed by atoms with Gasteiger partial charge in [-0.3, -0.25) is 13.9 Å². The minimum Gasteiger partial charge on any atom is -0.354 e. The fraction of sp³-hybridized carbons (Fsp3) is 0.417. The van der Waals surface area contributed by atoms with Crippen LogP contribution in [0.2, 0.25) is 0 Å². The van der Waals surface area contributed by atoms with Gasteiger partial charge in [-0.2, -0.15) is 0 Å². The van der Waals surface area contributed by atoms with Gasteiger partial charge in [-0.1, -0.05) is 62.4 Å². The van der Waals surface area contributed by atoms with Crippen LogP contribution < -0.4 is 9.62 Å². The van der Waals surface area contributed by atoms with Crippen molar-refractivity contribution in [3.05, 3.63) is 65.7 Å². The lowest BCUT2D eigenvalue weighted by Gasteiger charge is -2.32. The van der Waals surface area contributed by atoms with E-state index in [1.54, 1.807) is 19.1 Å². The highest BCUT2D eigenvalue weighted by molar-refractivity contribution is 7.92. The number of rotatable bonds is 11. The molecule has 7 nitrogen and oxygen atoms in total. The monoisotopic (exact) mass is 459 g/mol. The molecule has 174 valence electrons. The van der Waals surface area contributed by atoms with Crippen LogP contribution in [0.25, 0.3) is 0 Å². The lowest BCUT2D eigenvalue weighted by Crippen LogP contribution is -2.51. The Morgan fingerprint density at radius 1 is 1.00 bits per heavy atom. The van der Waals surface area contributed by atoms with Crippen molar-refractivity contribution in [3.8, 4) is 0 Å². The third-order valence-corrected chi connectivity index (χ3v) is 6.36. The number of benzene rings is 2. The molecule has 8 heteroatoms. The van der Waals surface area contributed by atoms with E-state index < -0.39 is 22.0 Å². The van der Waals surface area contributed by atoms with Gasteiger partial charge in [0.1, 0.15) is 12.6 Å². The van der Waals surface area contributed by atoms with Crippen LogP contribution in [0.1, 0.15) is 38.3 Å².